The molecular weight excluding hydrogens is 338 g/mol. The summed E-state index contributed by atoms with van der Waals surface area (Å²) >= 11 is 0. The molecule has 136 valence electrons. The minimum Gasteiger partial charge on any atom is -0.480 e. The molecule has 1 amide bonds. The molecule has 3 rings (SSSR count). The van der Waals surface area contributed by atoms with Gasteiger partial charge in [-0.25, -0.2) is 4.79 Å². The maximum Gasteiger partial charge on any atom is 0.326 e. The lowest BCUT2D eigenvalue weighted by Crippen LogP contribution is -2.44. The van der Waals surface area contributed by atoms with E-state index in [9.17, 15) is 14.7 Å². The van der Waals surface area contributed by atoms with E-state index >= 15 is 0 Å². The Kier molecular flexibility index (Phi) is 6.00. The van der Waals surface area contributed by atoms with Crippen molar-refractivity contribution in [3.8, 4) is 0 Å². The first-order valence-electron chi connectivity index (χ1n) is 8.82. The van der Waals surface area contributed by atoms with Crippen molar-refractivity contribution in [3.05, 3.63) is 108 Å². The normalized spacial score (nSPS) is 11.7. The highest BCUT2D eigenvalue weighted by molar-refractivity contribution is 5.90. The Morgan fingerprint density at radius 2 is 1.19 bits per heavy atom. The summed E-state index contributed by atoms with van der Waals surface area (Å²) in [4.78, 5) is 24.8. The van der Waals surface area contributed by atoms with Gasteiger partial charge in [0.05, 0.1) is 5.92 Å². The second-order valence-electron chi connectivity index (χ2n) is 6.34. The molecular formula is C23H21NO3. The molecule has 0 saturated carbocycles. The summed E-state index contributed by atoms with van der Waals surface area (Å²) in [6.45, 7) is 0. The van der Waals surface area contributed by atoms with Crippen LogP contribution in [0, 0.1) is 0 Å². The first-order chi connectivity index (χ1) is 13.1. The molecule has 0 aliphatic carbocycles. The van der Waals surface area contributed by atoms with Crippen LogP contribution in [0.3, 0.4) is 0 Å². The molecule has 0 bridgehead atoms. The monoisotopic (exact) mass is 359 g/mol. The second-order valence-corrected chi connectivity index (χ2v) is 6.34. The summed E-state index contributed by atoms with van der Waals surface area (Å²) < 4.78 is 0. The average Bonchev–Trinajstić information content (AvgIpc) is 2.70. The van der Waals surface area contributed by atoms with Gasteiger partial charge in [-0.05, 0) is 16.7 Å². The number of aliphatic carboxylic acids is 1. The summed E-state index contributed by atoms with van der Waals surface area (Å²) in [5, 5.41) is 12.3. The third-order valence-electron chi connectivity index (χ3n) is 4.43. The third kappa shape index (κ3) is 4.82. The molecule has 0 aromatic heterocycles. The molecule has 0 heterocycles. The van der Waals surface area contributed by atoms with Gasteiger partial charge in [0.2, 0.25) is 5.91 Å². The van der Waals surface area contributed by atoms with Crippen LogP contribution in [0.4, 0.5) is 0 Å². The summed E-state index contributed by atoms with van der Waals surface area (Å²) in [6, 6.07) is 27.1. The number of rotatable bonds is 7. The molecule has 27 heavy (non-hydrogen) atoms. The van der Waals surface area contributed by atoms with Gasteiger partial charge in [-0.1, -0.05) is 91.0 Å². The van der Waals surface area contributed by atoms with Gasteiger partial charge in [0, 0.05) is 6.42 Å². The number of nitrogens with one attached hydrogen (secondary N) is 1. The lowest BCUT2D eigenvalue weighted by atomic mass is 9.90. The van der Waals surface area contributed by atoms with Crippen molar-refractivity contribution in [2.24, 2.45) is 0 Å². The minimum atomic E-state index is -1.05. The molecule has 0 fully saturated rings. The van der Waals surface area contributed by atoms with Crippen LogP contribution >= 0.6 is 0 Å². The van der Waals surface area contributed by atoms with Crippen molar-refractivity contribution in [1.29, 1.82) is 0 Å². The van der Waals surface area contributed by atoms with Gasteiger partial charge in [0.1, 0.15) is 6.04 Å². The highest BCUT2D eigenvalue weighted by Gasteiger charge is 2.27. The Labute approximate surface area is 158 Å². The second kappa shape index (κ2) is 8.81. The molecule has 0 aliphatic heterocycles. The fourth-order valence-electron chi connectivity index (χ4n) is 3.09. The maximum atomic E-state index is 13.1. The van der Waals surface area contributed by atoms with Crippen LogP contribution in [0.2, 0.25) is 0 Å². The predicted octanol–water partition coefficient (Wildman–Crippen LogP) is 3.63. The average molecular weight is 359 g/mol. The molecule has 0 spiro atoms. The van der Waals surface area contributed by atoms with Crippen molar-refractivity contribution in [2.75, 3.05) is 0 Å². The summed E-state index contributed by atoms with van der Waals surface area (Å²) in [5.41, 5.74) is 2.51. The Morgan fingerprint density at radius 1 is 0.741 bits per heavy atom. The summed E-state index contributed by atoms with van der Waals surface area (Å²) in [6.07, 6.45) is 0.234. The zero-order valence-corrected chi connectivity index (χ0v) is 14.8. The van der Waals surface area contributed by atoms with E-state index in [1.165, 1.54) is 0 Å². The molecule has 2 N–H and O–H groups in total. The van der Waals surface area contributed by atoms with Crippen LogP contribution in [0.25, 0.3) is 0 Å². The van der Waals surface area contributed by atoms with E-state index < -0.39 is 17.9 Å². The van der Waals surface area contributed by atoms with E-state index in [0.717, 1.165) is 16.7 Å². The minimum absolute atomic E-state index is 0.234. The number of carboxylic acids is 1. The van der Waals surface area contributed by atoms with Gasteiger partial charge < -0.3 is 10.4 Å². The highest BCUT2D eigenvalue weighted by atomic mass is 16.4. The van der Waals surface area contributed by atoms with E-state index in [2.05, 4.69) is 5.32 Å². The molecule has 3 aromatic rings. The molecule has 4 nitrogen and oxygen atoms in total. The van der Waals surface area contributed by atoms with Gasteiger partial charge in [0.15, 0.2) is 0 Å². The third-order valence-corrected chi connectivity index (χ3v) is 4.43. The van der Waals surface area contributed by atoms with Crippen molar-refractivity contribution < 1.29 is 14.7 Å². The van der Waals surface area contributed by atoms with Crippen molar-refractivity contribution in [3.63, 3.8) is 0 Å². The van der Waals surface area contributed by atoms with E-state index in [1.807, 2.05) is 91.0 Å². The first-order valence-corrected chi connectivity index (χ1v) is 8.82. The maximum absolute atomic E-state index is 13.1. The predicted molar refractivity (Wildman–Crippen MR) is 104 cm³/mol. The number of hydrogen-bond donors (Lipinski definition) is 2. The van der Waals surface area contributed by atoms with Gasteiger partial charge in [0.25, 0.3) is 0 Å². The Morgan fingerprint density at radius 3 is 1.63 bits per heavy atom. The SMILES string of the molecule is O=C(N[C@H](Cc1ccccc1)C(=O)O)C(c1ccccc1)c1ccccc1. The van der Waals surface area contributed by atoms with Gasteiger partial charge in [-0.2, -0.15) is 0 Å². The largest absolute Gasteiger partial charge is 0.480 e. The molecule has 0 unspecified atom stereocenters. The smallest absolute Gasteiger partial charge is 0.326 e. The van der Waals surface area contributed by atoms with Gasteiger partial charge >= 0.3 is 5.97 Å². The van der Waals surface area contributed by atoms with Crippen LogP contribution in [0.15, 0.2) is 91.0 Å². The number of hydrogen-bond acceptors (Lipinski definition) is 2. The Balaban J connectivity index is 1.86. The lowest BCUT2D eigenvalue weighted by Gasteiger charge is -2.21. The van der Waals surface area contributed by atoms with E-state index in [-0.39, 0.29) is 12.3 Å². The molecule has 0 radical (unpaired) electrons. The quantitative estimate of drug-likeness (QED) is 0.677. The van der Waals surface area contributed by atoms with E-state index in [4.69, 9.17) is 0 Å². The van der Waals surface area contributed by atoms with Crippen LogP contribution in [0.5, 0.6) is 0 Å². The number of amides is 1. The topological polar surface area (TPSA) is 66.4 Å². The first kappa shape index (κ1) is 18.4. The van der Waals surface area contributed by atoms with Gasteiger partial charge in [-0.3, -0.25) is 4.79 Å². The number of carboxylic acid groups (broad SMARTS) is 1. The molecule has 0 aliphatic rings. The number of benzene rings is 3. The van der Waals surface area contributed by atoms with Crippen LogP contribution in [-0.4, -0.2) is 23.0 Å². The van der Waals surface area contributed by atoms with Crippen molar-refractivity contribution >= 4 is 11.9 Å². The fraction of sp³-hybridized carbons (Fsp3) is 0.130. The molecule has 3 aromatic carbocycles. The van der Waals surface area contributed by atoms with Crippen LogP contribution in [-0.2, 0) is 16.0 Å². The summed E-state index contributed by atoms with van der Waals surface area (Å²) in [5.74, 6) is -1.94. The Hall–Kier alpha value is -3.40. The van der Waals surface area contributed by atoms with Crippen molar-refractivity contribution in [1.82, 2.24) is 5.32 Å². The molecule has 1 atom stereocenters. The van der Waals surface area contributed by atoms with Crippen LogP contribution in [0.1, 0.15) is 22.6 Å². The zero-order chi connectivity index (χ0) is 19.1. The fourth-order valence-corrected chi connectivity index (χ4v) is 3.09. The lowest BCUT2D eigenvalue weighted by molar-refractivity contribution is -0.141. The van der Waals surface area contributed by atoms with Crippen LogP contribution < -0.4 is 5.32 Å². The molecule has 4 heteroatoms. The number of carbonyl (C=O) groups excluding carboxylic acids is 1. The van der Waals surface area contributed by atoms with Crippen molar-refractivity contribution in [2.45, 2.75) is 18.4 Å². The zero-order valence-electron chi connectivity index (χ0n) is 14.8. The van der Waals surface area contributed by atoms with E-state index in [0.29, 0.717) is 0 Å². The highest BCUT2D eigenvalue weighted by Crippen LogP contribution is 2.25. The molecule has 0 saturated heterocycles. The summed E-state index contributed by atoms with van der Waals surface area (Å²) in [7, 11) is 0. The standard InChI is InChI=1S/C23H21NO3/c25-22(24-20(23(26)27)16-17-10-4-1-5-11-17)21(18-12-6-2-7-13-18)19-14-8-3-9-15-19/h1-15,20-21H,16H2,(H,24,25)(H,26,27)/t20-/m1/s1. The van der Waals surface area contributed by atoms with Gasteiger partial charge in [-0.15, -0.1) is 0 Å². The van der Waals surface area contributed by atoms with E-state index in [1.54, 1.807) is 0 Å². The number of carbonyl (C=O) groups is 2. The Bertz CT molecular complexity index is 840.